The first-order chi connectivity index (χ1) is 9.47. The molecule has 1 atom stereocenters. The van der Waals surface area contributed by atoms with Crippen molar-refractivity contribution in [1.82, 2.24) is 4.72 Å². The molecule has 130 valence electrons. The minimum atomic E-state index is -6.86. The molecule has 0 amide bonds. The number of esters is 1. The van der Waals surface area contributed by atoms with Crippen LogP contribution in [0.3, 0.4) is 0 Å². The summed E-state index contributed by atoms with van der Waals surface area (Å²) in [5.41, 5.74) is -0.293. The van der Waals surface area contributed by atoms with Gasteiger partial charge in [0.1, 0.15) is 0 Å². The fourth-order valence-electron chi connectivity index (χ4n) is 0.911. The number of rotatable bonds is 6. The molecule has 0 bridgehead atoms. The summed E-state index contributed by atoms with van der Waals surface area (Å²) in [6.07, 6.45) is -8.95. The summed E-state index contributed by atoms with van der Waals surface area (Å²) in [6.45, 7) is 4.77. The third kappa shape index (κ3) is 3.88. The molecule has 1 N–H and O–H groups in total. The van der Waals surface area contributed by atoms with Crippen molar-refractivity contribution in [3.05, 3.63) is 12.2 Å². The molecule has 0 aromatic carbocycles. The van der Waals surface area contributed by atoms with E-state index in [2.05, 4.69) is 11.3 Å². The molecule has 0 fully saturated rings. The van der Waals surface area contributed by atoms with Gasteiger partial charge in [-0.05, 0) is 13.8 Å². The maximum absolute atomic E-state index is 13.1. The number of nitrogens with one attached hydrogen (secondary N) is 1. The Bertz CT molecular complexity index is 555. The van der Waals surface area contributed by atoms with Crippen molar-refractivity contribution in [1.29, 1.82) is 0 Å². The van der Waals surface area contributed by atoms with Gasteiger partial charge in [-0.15, -0.1) is 0 Å². The van der Waals surface area contributed by atoms with Gasteiger partial charge in [0, 0.05) is 5.57 Å². The zero-order chi connectivity index (χ0) is 18.1. The van der Waals surface area contributed by atoms with E-state index in [0.717, 1.165) is 11.6 Å². The van der Waals surface area contributed by atoms with Crippen molar-refractivity contribution in [2.24, 2.45) is 0 Å². The van der Waals surface area contributed by atoms with Gasteiger partial charge in [-0.2, -0.15) is 35.5 Å². The lowest BCUT2D eigenvalue weighted by molar-refractivity contribution is -0.332. The van der Waals surface area contributed by atoms with Gasteiger partial charge >= 0.3 is 23.3 Å². The standard InChI is InChI=1S/C9H10F7NO4S/c1-4(2)6(18)21-5(3)17-22(19,20)9(15,16)7(10,11)8(12,13)14/h5,17H,1H2,2-3H3. The van der Waals surface area contributed by atoms with Crippen LogP contribution in [0.2, 0.25) is 0 Å². The molecule has 22 heavy (non-hydrogen) atoms. The first kappa shape index (κ1) is 20.6. The molecule has 0 rings (SSSR count). The number of carbonyl (C=O) groups excluding carboxylic acids is 1. The van der Waals surface area contributed by atoms with Crippen LogP contribution in [0.1, 0.15) is 13.8 Å². The molecule has 0 saturated heterocycles. The molecule has 5 nitrogen and oxygen atoms in total. The van der Waals surface area contributed by atoms with Crippen LogP contribution < -0.4 is 4.72 Å². The highest BCUT2D eigenvalue weighted by Crippen LogP contribution is 2.48. The van der Waals surface area contributed by atoms with Gasteiger partial charge in [0.05, 0.1) is 0 Å². The maximum Gasteiger partial charge on any atom is 0.461 e. The van der Waals surface area contributed by atoms with Gasteiger partial charge < -0.3 is 4.74 Å². The molecule has 0 aliphatic rings. The highest BCUT2D eigenvalue weighted by atomic mass is 32.2. The van der Waals surface area contributed by atoms with Crippen LogP contribution in [-0.4, -0.2) is 38.0 Å². The second-order valence-electron chi connectivity index (χ2n) is 4.04. The average molecular weight is 361 g/mol. The lowest BCUT2D eigenvalue weighted by atomic mass is 10.3. The van der Waals surface area contributed by atoms with E-state index in [-0.39, 0.29) is 5.57 Å². The number of halogens is 7. The van der Waals surface area contributed by atoms with Crippen molar-refractivity contribution in [2.75, 3.05) is 0 Å². The Labute approximate surface area is 120 Å². The second-order valence-corrected chi connectivity index (χ2v) is 5.79. The summed E-state index contributed by atoms with van der Waals surface area (Å²) >= 11 is 0. The first-order valence-corrected chi connectivity index (χ1v) is 6.66. The number of hydrogen-bond acceptors (Lipinski definition) is 4. The molecule has 0 saturated carbocycles. The summed E-state index contributed by atoms with van der Waals surface area (Å²) in [4.78, 5) is 11.0. The van der Waals surface area contributed by atoms with Crippen LogP contribution in [-0.2, 0) is 19.6 Å². The van der Waals surface area contributed by atoms with Crippen LogP contribution in [0.4, 0.5) is 30.7 Å². The molecule has 1 unspecified atom stereocenters. The van der Waals surface area contributed by atoms with E-state index >= 15 is 0 Å². The van der Waals surface area contributed by atoms with E-state index in [4.69, 9.17) is 0 Å². The summed E-state index contributed by atoms with van der Waals surface area (Å²) in [6, 6.07) is 0. The quantitative estimate of drug-likeness (QED) is 0.341. The van der Waals surface area contributed by atoms with Crippen LogP contribution in [0, 0.1) is 0 Å². The molecule has 0 aliphatic heterocycles. The highest BCUT2D eigenvalue weighted by molar-refractivity contribution is 7.90. The minimum absolute atomic E-state index is 0.293. The van der Waals surface area contributed by atoms with Gasteiger partial charge in [0.15, 0.2) is 6.23 Å². The molecular formula is C9H10F7NO4S. The Kier molecular flexibility index (Phi) is 5.65. The Balaban J connectivity index is 5.40. The van der Waals surface area contributed by atoms with Gasteiger partial charge in [-0.1, -0.05) is 6.58 Å². The predicted octanol–water partition coefficient (Wildman–Crippen LogP) is 2.16. The topological polar surface area (TPSA) is 72.5 Å². The van der Waals surface area contributed by atoms with E-state index < -0.39 is 39.6 Å². The molecular weight excluding hydrogens is 351 g/mol. The number of carbonyl (C=O) groups is 1. The van der Waals surface area contributed by atoms with Crippen LogP contribution >= 0.6 is 0 Å². The third-order valence-electron chi connectivity index (χ3n) is 2.01. The number of sulfonamides is 1. The predicted molar refractivity (Wildman–Crippen MR) is 58.4 cm³/mol. The van der Waals surface area contributed by atoms with Crippen molar-refractivity contribution in [3.8, 4) is 0 Å². The number of alkyl halides is 7. The average Bonchev–Trinajstić information content (AvgIpc) is 2.25. The Morgan fingerprint density at radius 3 is 1.86 bits per heavy atom. The number of hydrogen-bond donors (Lipinski definition) is 1. The summed E-state index contributed by atoms with van der Waals surface area (Å²) in [5, 5.41) is -6.53. The molecule has 0 aromatic rings. The van der Waals surface area contributed by atoms with Crippen molar-refractivity contribution in [2.45, 2.75) is 37.4 Å². The fourth-order valence-corrected chi connectivity index (χ4v) is 2.00. The lowest BCUT2D eigenvalue weighted by Gasteiger charge is -2.28. The van der Waals surface area contributed by atoms with E-state index in [1.165, 1.54) is 0 Å². The summed E-state index contributed by atoms with van der Waals surface area (Å²) < 4.78 is 114. The minimum Gasteiger partial charge on any atom is -0.443 e. The first-order valence-electron chi connectivity index (χ1n) is 5.18. The lowest BCUT2D eigenvalue weighted by Crippen LogP contribution is -2.60. The molecule has 0 spiro atoms. The van der Waals surface area contributed by atoms with Crippen LogP contribution in [0.25, 0.3) is 0 Å². The Morgan fingerprint density at radius 2 is 1.55 bits per heavy atom. The number of ether oxygens (including phenoxy) is 1. The summed E-state index contributed by atoms with van der Waals surface area (Å²) in [5.74, 6) is -8.13. The second kappa shape index (κ2) is 6.02. The van der Waals surface area contributed by atoms with E-state index in [0.29, 0.717) is 6.92 Å². The van der Waals surface area contributed by atoms with Gasteiger partial charge in [-0.3, -0.25) is 0 Å². The van der Waals surface area contributed by atoms with Crippen molar-refractivity contribution in [3.63, 3.8) is 0 Å². The van der Waals surface area contributed by atoms with Gasteiger partial charge in [0.25, 0.3) is 10.0 Å². The molecule has 13 heteroatoms. The zero-order valence-electron chi connectivity index (χ0n) is 11.0. The van der Waals surface area contributed by atoms with E-state index in [1.807, 2.05) is 0 Å². The van der Waals surface area contributed by atoms with Crippen molar-refractivity contribution < 1.29 is 48.7 Å². The Hall–Kier alpha value is -1.37. The SMILES string of the molecule is C=C(C)C(=O)OC(C)NS(=O)(=O)C(F)(F)C(F)(F)C(F)(F)F. The molecule has 0 aliphatic carbocycles. The molecule has 0 aromatic heterocycles. The maximum atomic E-state index is 13.1. The van der Waals surface area contributed by atoms with Gasteiger partial charge in [-0.25, -0.2) is 13.2 Å². The van der Waals surface area contributed by atoms with Crippen LogP contribution in [0.15, 0.2) is 12.2 Å². The summed E-state index contributed by atoms with van der Waals surface area (Å²) in [7, 11) is -6.53. The van der Waals surface area contributed by atoms with Crippen molar-refractivity contribution >= 4 is 16.0 Å². The highest BCUT2D eigenvalue weighted by Gasteiger charge is 2.78. The van der Waals surface area contributed by atoms with E-state index in [1.54, 1.807) is 0 Å². The smallest absolute Gasteiger partial charge is 0.443 e. The van der Waals surface area contributed by atoms with E-state index in [9.17, 15) is 43.9 Å². The normalized spacial score (nSPS) is 15.3. The molecule has 0 radical (unpaired) electrons. The fraction of sp³-hybridized carbons (Fsp3) is 0.667. The monoisotopic (exact) mass is 361 g/mol. The largest absolute Gasteiger partial charge is 0.461 e. The van der Waals surface area contributed by atoms with Gasteiger partial charge in [0.2, 0.25) is 0 Å². The van der Waals surface area contributed by atoms with Crippen LogP contribution in [0.5, 0.6) is 0 Å². The molecule has 0 heterocycles. The zero-order valence-corrected chi connectivity index (χ0v) is 11.8. The third-order valence-corrected chi connectivity index (χ3v) is 3.59. The Morgan fingerprint density at radius 1 is 1.14 bits per heavy atom.